The van der Waals surface area contributed by atoms with Gasteiger partial charge in [0.05, 0.1) is 15.5 Å². The van der Waals surface area contributed by atoms with E-state index < -0.39 is 45.2 Å². The first-order valence-corrected chi connectivity index (χ1v) is 16.1. The van der Waals surface area contributed by atoms with Gasteiger partial charge in [-0.3, -0.25) is 24.0 Å². The molecule has 0 radical (unpaired) electrons. The molecule has 0 fully saturated rings. The van der Waals surface area contributed by atoms with Gasteiger partial charge in [-0.15, -0.1) is 0 Å². The maximum absolute atomic E-state index is 14.4. The van der Waals surface area contributed by atoms with Gasteiger partial charge in [-0.2, -0.15) is 0 Å². The zero-order chi connectivity index (χ0) is 33.3. The smallest absolute Gasteiger partial charge is 0.271 e. The number of anilines is 1. The van der Waals surface area contributed by atoms with E-state index >= 15 is 0 Å². The van der Waals surface area contributed by atoms with E-state index in [1.807, 2.05) is 44.2 Å². The Morgan fingerprint density at radius 1 is 0.891 bits per heavy atom. The van der Waals surface area contributed by atoms with Crippen molar-refractivity contribution in [2.45, 2.75) is 50.2 Å². The molecule has 0 aliphatic heterocycles. The number of nitro benzene ring substituents is 1. The number of amides is 2. The summed E-state index contributed by atoms with van der Waals surface area (Å²) in [5.74, 6) is -1.67. The summed E-state index contributed by atoms with van der Waals surface area (Å²) >= 11 is 0. The molecule has 0 aliphatic carbocycles. The number of nitrogens with zero attached hydrogens (tertiary/aromatic N) is 3. The van der Waals surface area contributed by atoms with Gasteiger partial charge < -0.3 is 10.2 Å². The van der Waals surface area contributed by atoms with Gasteiger partial charge in [0, 0.05) is 31.1 Å². The Bertz CT molecular complexity index is 1760. The first-order valence-electron chi connectivity index (χ1n) is 14.7. The van der Waals surface area contributed by atoms with Gasteiger partial charge >= 0.3 is 0 Å². The summed E-state index contributed by atoms with van der Waals surface area (Å²) < 4.78 is 42.6. The van der Waals surface area contributed by atoms with Crippen molar-refractivity contribution >= 4 is 33.2 Å². The van der Waals surface area contributed by atoms with Crippen molar-refractivity contribution in [3.63, 3.8) is 0 Å². The normalized spacial score (nSPS) is 12.5. The number of hydrogen-bond acceptors (Lipinski definition) is 6. The van der Waals surface area contributed by atoms with Gasteiger partial charge in [-0.1, -0.05) is 73.7 Å². The zero-order valence-electron chi connectivity index (χ0n) is 25.5. The molecule has 0 unspecified atom stereocenters. The molecule has 0 heterocycles. The van der Waals surface area contributed by atoms with Crippen molar-refractivity contribution in [3.05, 3.63) is 136 Å². The Hall–Kier alpha value is -5.10. The minimum absolute atomic E-state index is 0.100. The number of rotatable bonds is 14. The monoisotopic (exact) mass is 646 g/mol. The Labute approximate surface area is 267 Å². The quantitative estimate of drug-likeness (QED) is 0.143. The molecule has 2 amide bonds. The molecular formula is C34H35FN4O6S. The average molecular weight is 647 g/mol. The second kappa shape index (κ2) is 15.3. The third-order valence-corrected chi connectivity index (χ3v) is 9.26. The lowest BCUT2D eigenvalue weighted by Gasteiger charge is -2.34. The van der Waals surface area contributed by atoms with Crippen molar-refractivity contribution in [2.75, 3.05) is 10.8 Å². The molecule has 4 aromatic rings. The minimum atomic E-state index is -4.42. The topological polar surface area (TPSA) is 130 Å². The highest BCUT2D eigenvalue weighted by molar-refractivity contribution is 7.92. The van der Waals surface area contributed by atoms with Crippen LogP contribution in [0.15, 0.2) is 114 Å². The molecular weight excluding hydrogens is 611 g/mol. The van der Waals surface area contributed by atoms with E-state index in [2.05, 4.69) is 5.32 Å². The van der Waals surface area contributed by atoms with Crippen molar-refractivity contribution in [2.24, 2.45) is 0 Å². The molecule has 0 aliphatic rings. The van der Waals surface area contributed by atoms with Crippen LogP contribution in [0, 0.1) is 15.9 Å². The molecule has 1 N–H and O–H groups in total. The fourth-order valence-electron chi connectivity index (χ4n) is 4.79. The van der Waals surface area contributed by atoms with Crippen LogP contribution >= 0.6 is 0 Å². The zero-order valence-corrected chi connectivity index (χ0v) is 26.3. The van der Waals surface area contributed by atoms with Crippen molar-refractivity contribution in [1.29, 1.82) is 0 Å². The van der Waals surface area contributed by atoms with Crippen molar-refractivity contribution in [1.82, 2.24) is 10.2 Å². The van der Waals surface area contributed by atoms with Crippen LogP contribution in [0.1, 0.15) is 31.4 Å². The highest BCUT2D eigenvalue weighted by Crippen LogP contribution is 2.28. The summed E-state index contributed by atoms with van der Waals surface area (Å²) in [6, 6.07) is 25.6. The molecule has 0 spiro atoms. The van der Waals surface area contributed by atoms with Gasteiger partial charge in [0.1, 0.15) is 18.4 Å². The van der Waals surface area contributed by atoms with Gasteiger partial charge in [0.25, 0.3) is 15.7 Å². The van der Waals surface area contributed by atoms with E-state index in [0.29, 0.717) is 12.0 Å². The number of carbonyl (C=O) groups excluding carboxylic acids is 2. The average Bonchev–Trinajstić information content (AvgIpc) is 3.06. The van der Waals surface area contributed by atoms with Gasteiger partial charge in [0.15, 0.2) is 0 Å². The number of hydrogen-bond donors (Lipinski definition) is 1. The number of nitro groups is 1. The third-order valence-electron chi connectivity index (χ3n) is 7.48. The Morgan fingerprint density at radius 3 is 2.13 bits per heavy atom. The maximum Gasteiger partial charge on any atom is 0.271 e. The molecule has 10 nitrogen and oxygen atoms in total. The molecule has 240 valence electrons. The number of benzene rings is 4. The van der Waals surface area contributed by atoms with Crippen LogP contribution in [-0.4, -0.2) is 48.7 Å². The largest absolute Gasteiger partial charge is 0.352 e. The van der Waals surface area contributed by atoms with Gasteiger partial charge in [-0.25, -0.2) is 12.8 Å². The van der Waals surface area contributed by atoms with Gasteiger partial charge in [0.2, 0.25) is 11.8 Å². The van der Waals surface area contributed by atoms with Crippen molar-refractivity contribution in [3.8, 4) is 0 Å². The maximum atomic E-state index is 14.4. The fraction of sp³-hybridized carbons (Fsp3) is 0.235. The van der Waals surface area contributed by atoms with Gasteiger partial charge in [-0.05, 0) is 54.8 Å². The first kappa shape index (κ1) is 33.8. The summed E-state index contributed by atoms with van der Waals surface area (Å²) in [6.45, 7) is 2.82. The summed E-state index contributed by atoms with van der Waals surface area (Å²) in [5, 5.41) is 14.5. The van der Waals surface area contributed by atoms with E-state index in [4.69, 9.17) is 0 Å². The molecule has 0 saturated heterocycles. The highest BCUT2D eigenvalue weighted by Gasteiger charge is 2.35. The van der Waals surface area contributed by atoms with Crippen LogP contribution in [0.5, 0.6) is 0 Å². The van der Waals surface area contributed by atoms with E-state index in [1.165, 1.54) is 71.6 Å². The molecule has 2 atom stereocenters. The van der Waals surface area contributed by atoms with Crippen LogP contribution in [0.3, 0.4) is 0 Å². The molecule has 0 saturated carbocycles. The SMILES string of the molecule is CC[C@H](C)NC(=O)[C@H](Cc1ccccc1)N(Cc1ccc(F)cc1)C(=O)CN(c1cccc([N+](=O)[O-])c1)S(=O)(=O)c1ccccc1. The van der Waals surface area contributed by atoms with Crippen LogP contribution < -0.4 is 9.62 Å². The minimum Gasteiger partial charge on any atom is -0.352 e. The fourth-order valence-corrected chi connectivity index (χ4v) is 6.22. The number of halogens is 1. The molecule has 12 heteroatoms. The van der Waals surface area contributed by atoms with E-state index in [0.717, 1.165) is 15.9 Å². The number of sulfonamides is 1. The highest BCUT2D eigenvalue weighted by atomic mass is 32.2. The lowest BCUT2D eigenvalue weighted by Crippen LogP contribution is -2.54. The first-order chi connectivity index (χ1) is 22.0. The molecule has 4 rings (SSSR count). The van der Waals surface area contributed by atoms with E-state index in [1.54, 1.807) is 6.07 Å². The summed E-state index contributed by atoms with van der Waals surface area (Å²) in [7, 11) is -4.42. The molecule has 46 heavy (non-hydrogen) atoms. The molecule has 4 aromatic carbocycles. The summed E-state index contributed by atoms with van der Waals surface area (Å²) in [5.41, 5.74) is 0.807. The molecule has 0 aromatic heterocycles. The second-order valence-corrected chi connectivity index (χ2v) is 12.6. The van der Waals surface area contributed by atoms with Crippen molar-refractivity contribution < 1.29 is 27.3 Å². The standard InChI is InChI=1S/C34H35FN4O6S/c1-3-25(2)36-34(41)32(21-26-11-6-4-7-12-26)37(23-27-17-19-28(35)20-18-27)33(40)24-38(29-13-10-14-30(22-29)39(42)43)46(44,45)31-15-8-5-9-16-31/h4-20,22,25,32H,3,21,23-24H2,1-2H3,(H,36,41)/t25-,32-/m0/s1. The summed E-state index contributed by atoms with van der Waals surface area (Å²) in [4.78, 5) is 40.3. The Balaban J connectivity index is 1.83. The predicted molar refractivity (Wildman–Crippen MR) is 173 cm³/mol. The summed E-state index contributed by atoms with van der Waals surface area (Å²) in [6.07, 6.45) is 0.740. The van der Waals surface area contributed by atoms with E-state index in [-0.39, 0.29) is 35.3 Å². The Morgan fingerprint density at radius 2 is 1.52 bits per heavy atom. The second-order valence-electron chi connectivity index (χ2n) is 10.8. The van der Waals surface area contributed by atoms with Crippen LogP contribution in [0.4, 0.5) is 15.8 Å². The number of non-ortho nitro benzene ring substituents is 1. The third kappa shape index (κ3) is 8.54. The number of carbonyl (C=O) groups is 2. The van der Waals surface area contributed by atoms with Crippen LogP contribution in [-0.2, 0) is 32.6 Å². The van der Waals surface area contributed by atoms with Crippen LogP contribution in [0.2, 0.25) is 0 Å². The lowest BCUT2D eigenvalue weighted by molar-refractivity contribution is -0.384. The Kier molecular flexibility index (Phi) is 11.2. The lowest BCUT2D eigenvalue weighted by atomic mass is 10.0. The van der Waals surface area contributed by atoms with Crippen LogP contribution in [0.25, 0.3) is 0 Å². The molecule has 0 bridgehead atoms. The van der Waals surface area contributed by atoms with E-state index in [9.17, 15) is 32.5 Å². The number of nitrogens with one attached hydrogen (secondary N) is 1. The predicted octanol–water partition coefficient (Wildman–Crippen LogP) is 5.48.